The fourth-order valence-corrected chi connectivity index (χ4v) is 3.82. The van der Waals surface area contributed by atoms with E-state index in [2.05, 4.69) is 30.9 Å². The summed E-state index contributed by atoms with van der Waals surface area (Å²) in [5.41, 5.74) is 3.66. The van der Waals surface area contributed by atoms with Crippen LogP contribution in [0.15, 0.2) is 53.4 Å². The summed E-state index contributed by atoms with van der Waals surface area (Å²) in [7, 11) is -1.17. The number of sulfone groups is 1. The van der Waals surface area contributed by atoms with Crippen molar-refractivity contribution in [3.8, 4) is 0 Å². The second kappa shape index (κ2) is 6.97. The van der Waals surface area contributed by atoms with Crippen molar-refractivity contribution in [2.75, 3.05) is 24.2 Å². The Morgan fingerprint density at radius 2 is 1.64 bits per heavy atom. The van der Waals surface area contributed by atoms with Gasteiger partial charge in [0, 0.05) is 19.3 Å². The molecular formula is C18H23NO2S. The van der Waals surface area contributed by atoms with Crippen LogP contribution in [0.25, 0.3) is 0 Å². The summed E-state index contributed by atoms with van der Waals surface area (Å²) in [6, 6.07) is 14.9. The zero-order chi connectivity index (χ0) is 16.2. The maximum absolute atomic E-state index is 12.3. The van der Waals surface area contributed by atoms with Crippen molar-refractivity contribution in [1.82, 2.24) is 0 Å². The van der Waals surface area contributed by atoms with E-state index in [9.17, 15) is 8.42 Å². The minimum absolute atomic E-state index is 0.173. The monoisotopic (exact) mass is 317 g/mol. The first-order valence-electron chi connectivity index (χ1n) is 7.47. The van der Waals surface area contributed by atoms with Crippen LogP contribution in [0, 0.1) is 13.8 Å². The number of anilines is 1. The van der Waals surface area contributed by atoms with Crippen LogP contribution >= 0.6 is 0 Å². The van der Waals surface area contributed by atoms with Crippen molar-refractivity contribution in [2.24, 2.45) is 0 Å². The molecular weight excluding hydrogens is 294 g/mol. The Morgan fingerprint density at radius 3 is 2.32 bits per heavy atom. The van der Waals surface area contributed by atoms with Gasteiger partial charge in [-0.1, -0.05) is 30.3 Å². The summed E-state index contributed by atoms with van der Waals surface area (Å²) in [4.78, 5) is 2.53. The quantitative estimate of drug-likeness (QED) is 0.817. The number of aryl methyl sites for hydroxylation is 1. The molecule has 0 atom stereocenters. The van der Waals surface area contributed by atoms with Crippen molar-refractivity contribution < 1.29 is 8.42 Å². The second-order valence-electron chi connectivity index (χ2n) is 5.63. The van der Waals surface area contributed by atoms with Crippen LogP contribution in [-0.2, 0) is 9.84 Å². The molecule has 2 aromatic rings. The smallest absolute Gasteiger partial charge is 0.178 e. The first-order chi connectivity index (χ1) is 10.4. The molecule has 2 aromatic carbocycles. The fourth-order valence-electron chi connectivity index (χ4n) is 2.51. The highest BCUT2D eigenvalue weighted by molar-refractivity contribution is 7.91. The third-order valence-electron chi connectivity index (χ3n) is 4.00. The van der Waals surface area contributed by atoms with Crippen LogP contribution in [0.4, 0.5) is 5.69 Å². The summed E-state index contributed by atoms with van der Waals surface area (Å²) in [6.07, 6.45) is 0.612. The molecule has 0 aromatic heterocycles. The molecule has 0 bridgehead atoms. The third-order valence-corrected chi connectivity index (χ3v) is 5.81. The summed E-state index contributed by atoms with van der Waals surface area (Å²) in [5, 5.41) is 0. The van der Waals surface area contributed by atoms with Gasteiger partial charge < -0.3 is 4.90 Å². The molecule has 0 N–H and O–H groups in total. The SMILES string of the molecule is Cc1cccc(N(C)CCCS(=O)(=O)c2ccccc2)c1C. The maximum Gasteiger partial charge on any atom is 0.178 e. The molecule has 0 saturated carbocycles. The van der Waals surface area contributed by atoms with Gasteiger partial charge in [0.2, 0.25) is 0 Å². The van der Waals surface area contributed by atoms with Crippen LogP contribution in [0.5, 0.6) is 0 Å². The van der Waals surface area contributed by atoms with E-state index in [1.165, 1.54) is 11.1 Å². The van der Waals surface area contributed by atoms with Crippen LogP contribution in [-0.4, -0.2) is 27.8 Å². The molecule has 0 fully saturated rings. The van der Waals surface area contributed by atoms with Crippen LogP contribution in [0.2, 0.25) is 0 Å². The Bertz CT molecular complexity index is 724. The van der Waals surface area contributed by atoms with Crippen molar-refractivity contribution in [1.29, 1.82) is 0 Å². The zero-order valence-corrected chi connectivity index (χ0v) is 14.2. The van der Waals surface area contributed by atoms with E-state index in [1.807, 2.05) is 19.2 Å². The third kappa shape index (κ3) is 3.89. The van der Waals surface area contributed by atoms with E-state index in [1.54, 1.807) is 24.3 Å². The Balaban J connectivity index is 1.98. The highest BCUT2D eigenvalue weighted by Gasteiger charge is 2.14. The van der Waals surface area contributed by atoms with Gasteiger partial charge in [-0.15, -0.1) is 0 Å². The Kier molecular flexibility index (Phi) is 5.24. The van der Waals surface area contributed by atoms with Gasteiger partial charge in [-0.25, -0.2) is 8.42 Å². The highest BCUT2D eigenvalue weighted by Crippen LogP contribution is 2.22. The normalized spacial score (nSPS) is 11.4. The van der Waals surface area contributed by atoms with Gasteiger partial charge in [-0.05, 0) is 49.6 Å². The van der Waals surface area contributed by atoms with Gasteiger partial charge in [0.1, 0.15) is 0 Å². The van der Waals surface area contributed by atoms with Gasteiger partial charge in [-0.2, -0.15) is 0 Å². The largest absolute Gasteiger partial charge is 0.374 e. The van der Waals surface area contributed by atoms with Crippen LogP contribution in [0.3, 0.4) is 0 Å². The molecule has 0 radical (unpaired) electrons. The predicted octanol–water partition coefficient (Wildman–Crippen LogP) is 3.60. The van der Waals surface area contributed by atoms with Gasteiger partial charge in [0.15, 0.2) is 9.84 Å². The lowest BCUT2D eigenvalue weighted by atomic mass is 10.1. The van der Waals surface area contributed by atoms with Crippen LogP contribution < -0.4 is 4.90 Å². The lowest BCUT2D eigenvalue weighted by Crippen LogP contribution is -2.22. The van der Waals surface area contributed by atoms with Gasteiger partial charge >= 0.3 is 0 Å². The summed E-state index contributed by atoms with van der Waals surface area (Å²) in [6.45, 7) is 4.91. The number of hydrogen-bond donors (Lipinski definition) is 0. The van der Waals surface area contributed by atoms with E-state index in [0.29, 0.717) is 11.3 Å². The number of rotatable bonds is 6. The van der Waals surface area contributed by atoms with E-state index < -0.39 is 9.84 Å². The Hall–Kier alpha value is -1.81. The summed E-state index contributed by atoms with van der Waals surface area (Å²) in [5.74, 6) is 0.173. The summed E-state index contributed by atoms with van der Waals surface area (Å²) >= 11 is 0. The zero-order valence-electron chi connectivity index (χ0n) is 13.4. The molecule has 4 heteroatoms. The first-order valence-corrected chi connectivity index (χ1v) is 9.12. The summed E-state index contributed by atoms with van der Waals surface area (Å²) < 4.78 is 24.5. The molecule has 0 aliphatic carbocycles. The first kappa shape index (κ1) is 16.6. The van der Waals surface area contributed by atoms with Crippen molar-refractivity contribution in [2.45, 2.75) is 25.2 Å². The molecule has 3 nitrogen and oxygen atoms in total. The van der Waals surface area contributed by atoms with Gasteiger partial charge in [-0.3, -0.25) is 0 Å². The van der Waals surface area contributed by atoms with Crippen molar-refractivity contribution in [3.05, 3.63) is 59.7 Å². The molecule has 0 heterocycles. The molecule has 0 saturated heterocycles. The van der Waals surface area contributed by atoms with Crippen molar-refractivity contribution >= 4 is 15.5 Å². The highest BCUT2D eigenvalue weighted by atomic mass is 32.2. The number of benzene rings is 2. The fraction of sp³-hybridized carbons (Fsp3) is 0.333. The standard InChI is InChI=1S/C18H23NO2S/c1-15-9-7-12-18(16(15)2)19(3)13-8-14-22(20,21)17-10-5-4-6-11-17/h4-7,9-12H,8,13-14H2,1-3H3. The number of nitrogens with zero attached hydrogens (tertiary/aromatic N) is 1. The molecule has 0 aliphatic rings. The average Bonchev–Trinajstić information content (AvgIpc) is 2.50. The molecule has 2 rings (SSSR count). The van der Waals surface area contributed by atoms with E-state index in [4.69, 9.17) is 0 Å². The molecule has 0 unspecified atom stereocenters. The van der Waals surface area contributed by atoms with E-state index in [-0.39, 0.29) is 5.75 Å². The van der Waals surface area contributed by atoms with Crippen molar-refractivity contribution in [3.63, 3.8) is 0 Å². The molecule has 0 spiro atoms. The second-order valence-corrected chi connectivity index (χ2v) is 7.74. The van der Waals surface area contributed by atoms with Gasteiger partial charge in [0.25, 0.3) is 0 Å². The molecule has 118 valence electrons. The lowest BCUT2D eigenvalue weighted by molar-refractivity contribution is 0.593. The minimum atomic E-state index is -3.18. The molecule has 0 aliphatic heterocycles. The van der Waals surface area contributed by atoms with Crippen LogP contribution in [0.1, 0.15) is 17.5 Å². The topological polar surface area (TPSA) is 37.4 Å². The minimum Gasteiger partial charge on any atom is -0.374 e. The molecule has 0 amide bonds. The average molecular weight is 317 g/mol. The molecule has 22 heavy (non-hydrogen) atoms. The van der Waals surface area contributed by atoms with Gasteiger partial charge in [0.05, 0.1) is 10.6 Å². The Morgan fingerprint density at radius 1 is 0.955 bits per heavy atom. The number of hydrogen-bond acceptors (Lipinski definition) is 3. The predicted molar refractivity (Wildman–Crippen MR) is 92.3 cm³/mol. The maximum atomic E-state index is 12.3. The van der Waals surface area contributed by atoms with E-state index in [0.717, 1.165) is 12.2 Å². The van der Waals surface area contributed by atoms with E-state index >= 15 is 0 Å². The lowest BCUT2D eigenvalue weighted by Gasteiger charge is -2.22. The Labute approximate surface area is 133 Å².